The lowest BCUT2D eigenvalue weighted by Gasteiger charge is -2.40. The van der Waals surface area contributed by atoms with Gasteiger partial charge in [0, 0.05) is 29.4 Å². The van der Waals surface area contributed by atoms with Crippen molar-refractivity contribution in [1.82, 2.24) is 0 Å². The Balaban J connectivity index is 2.35. The largest absolute Gasteiger partial charge is 0.466 e. The predicted molar refractivity (Wildman–Crippen MR) is 123 cm³/mol. The summed E-state index contributed by atoms with van der Waals surface area (Å²) >= 11 is 0. The fraction of sp³-hybridized carbons (Fsp3) is 0.750. The molecule has 0 aromatic rings. The second-order valence-electron chi connectivity index (χ2n) is 11.4. The van der Waals surface area contributed by atoms with Crippen LogP contribution in [0.4, 0.5) is 0 Å². The topological polar surface area (TPSA) is 71.1 Å². The molecule has 0 N–H and O–H groups in total. The zero-order chi connectivity index (χ0) is 23.8. The molecule has 0 bridgehead atoms. The van der Waals surface area contributed by atoms with Crippen LogP contribution in [-0.2, 0) is 28.2 Å². The molecule has 1 aliphatic heterocycles. The van der Waals surface area contributed by atoms with E-state index >= 15 is 0 Å². The molecule has 2 rings (SSSR count). The average Bonchev–Trinajstić information content (AvgIpc) is 2.97. The van der Waals surface area contributed by atoms with Gasteiger partial charge in [-0.2, -0.15) is 0 Å². The highest BCUT2D eigenvalue weighted by atomic mass is 28.4. The van der Waals surface area contributed by atoms with E-state index in [0.717, 1.165) is 0 Å². The third-order valence-corrected chi connectivity index (χ3v) is 11.2. The Morgan fingerprint density at radius 3 is 2.32 bits per heavy atom. The highest BCUT2D eigenvalue weighted by molar-refractivity contribution is 6.74. The summed E-state index contributed by atoms with van der Waals surface area (Å²) in [4.78, 5) is 25.2. The first-order valence-corrected chi connectivity index (χ1v) is 13.9. The van der Waals surface area contributed by atoms with Gasteiger partial charge in [0.1, 0.15) is 0 Å². The minimum atomic E-state index is -1.93. The monoisotopic (exact) mass is 452 g/mol. The summed E-state index contributed by atoms with van der Waals surface area (Å²) in [6.07, 6.45) is 5.56. The van der Waals surface area contributed by atoms with Crippen LogP contribution < -0.4 is 0 Å². The second kappa shape index (κ2) is 8.83. The number of hydrogen-bond donors (Lipinski definition) is 0. The predicted octanol–water partition coefficient (Wildman–Crippen LogP) is 5.00. The van der Waals surface area contributed by atoms with Gasteiger partial charge in [-0.3, -0.25) is 0 Å². The Labute approximate surface area is 188 Å². The summed E-state index contributed by atoms with van der Waals surface area (Å²) in [5.74, 6) is -1.21. The van der Waals surface area contributed by atoms with Crippen molar-refractivity contribution in [2.75, 3.05) is 13.7 Å². The number of ether oxygens (including phenoxy) is 3. The van der Waals surface area contributed by atoms with Crippen LogP contribution in [-0.4, -0.2) is 45.9 Å². The maximum absolute atomic E-state index is 13.2. The summed E-state index contributed by atoms with van der Waals surface area (Å²) in [6, 6.07) is 0. The van der Waals surface area contributed by atoms with Gasteiger partial charge in [-0.25, -0.2) is 9.59 Å². The Morgan fingerprint density at radius 1 is 1.23 bits per heavy atom. The van der Waals surface area contributed by atoms with Crippen molar-refractivity contribution in [3.63, 3.8) is 0 Å². The van der Waals surface area contributed by atoms with Crippen LogP contribution in [0, 0.1) is 17.3 Å². The molecule has 1 heterocycles. The van der Waals surface area contributed by atoms with Crippen molar-refractivity contribution in [3.05, 3.63) is 23.8 Å². The van der Waals surface area contributed by atoms with E-state index in [2.05, 4.69) is 39.9 Å². The lowest BCUT2D eigenvalue weighted by molar-refractivity contribution is -0.159. The molecule has 31 heavy (non-hydrogen) atoms. The molecule has 1 fully saturated rings. The van der Waals surface area contributed by atoms with Crippen LogP contribution in [0.5, 0.6) is 0 Å². The highest BCUT2D eigenvalue weighted by Gasteiger charge is 2.58. The average molecular weight is 453 g/mol. The summed E-state index contributed by atoms with van der Waals surface area (Å²) in [7, 11) is -0.584. The number of esters is 2. The lowest BCUT2D eigenvalue weighted by Crippen LogP contribution is -2.49. The molecule has 2 aliphatic rings. The molecule has 1 saturated heterocycles. The van der Waals surface area contributed by atoms with Gasteiger partial charge in [0.15, 0.2) is 13.9 Å². The van der Waals surface area contributed by atoms with Gasteiger partial charge in [-0.15, -0.1) is 0 Å². The van der Waals surface area contributed by atoms with Crippen molar-refractivity contribution in [3.8, 4) is 0 Å². The summed E-state index contributed by atoms with van der Waals surface area (Å²) in [6.45, 7) is 19.2. The first kappa shape index (κ1) is 25.8. The molecule has 6 nitrogen and oxygen atoms in total. The van der Waals surface area contributed by atoms with Gasteiger partial charge in [0.2, 0.25) is 6.29 Å². The third kappa shape index (κ3) is 5.49. The van der Waals surface area contributed by atoms with E-state index in [1.807, 2.05) is 26.8 Å². The lowest BCUT2D eigenvalue weighted by atomic mass is 9.74. The van der Waals surface area contributed by atoms with Gasteiger partial charge in [0.25, 0.3) is 0 Å². The van der Waals surface area contributed by atoms with Crippen LogP contribution in [0.1, 0.15) is 54.9 Å². The van der Waals surface area contributed by atoms with E-state index < -0.39 is 32.1 Å². The zero-order valence-corrected chi connectivity index (χ0v) is 21.8. The summed E-state index contributed by atoms with van der Waals surface area (Å²) in [5, 5.41) is 0.103. The van der Waals surface area contributed by atoms with Crippen LogP contribution in [0.2, 0.25) is 18.1 Å². The highest BCUT2D eigenvalue weighted by Crippen LogP contribution is 2.46. The molecular formula is C24H40O6Si. The Bertz CT molecular complexity index is 755. The molecule has 0 unspecified atom stereocenters. The molecule has 1 spiro atoms. The van der Waals surface area contributed by atoms with E-state index in [-0.39, 0.29) is 22.3 Å². The zero-order valence-electron chi connectivity index (χ0n) is 20.8. The van der Waals surface area contributed by atoms with Crippen LogP contribution >= 0.6 is 0 Å². The Hall–Kier alpha value is -1.44. The number of carbonyl (C=O) groups is 2. The molecule has 0 radical (unpaired) electrons. The normalized spacial score (nSPS) is 29.9. The molecule has 0 aromatic heterocycles. The minimum Gasteiger partial charge on any atom is -0.466 e. The van der Waals surface area contributed by atoms with Crippen molar-refractivity contribution in [2.24, 2.45) is 17.3 Å². The number of methoxy groups -OCH3 is 1. The molecule has 176 valence electrons. The first-order valence-electron chi connectivity index (χ1n) is 11.0. The van der Waals surface area contributed by atoms with Crippen molar-refractivity contribution >= 4 is 20.3 Å². The molecular weight excluding hydrogens is 412 g/mol. The molecule has 4 atom stereocenters. The van der Waals surface area contributed by atoms with E-state index in [1.165, 1.54) is 7.11 Å². The van der Waals surface area contributed by atoms with E-state index in [0.29, 0.717) is 18.6 Å². The van der Waals surface area contributed by atoms with Gasteiger partial charge in [-0.1, -0.05) is 59.8 Å². The molecule has 0 saturated carbocycles. The number of rotatable bonds is 5. The SMILES string of the molecule is COC(=O)/C(C)=C/[C@@H]1C=C[C@H](CO[Si](C)(C)C(C)(C)C)C[C@]12O[C@@H](C(C)(C)C)OC2=O. The van der Waals surface area contributed by atoms with E-state index in [4.69, 9.17) is 18.6 Å². The van der Waals surface area contributed by atoms with E-state index in [1.54, 1.807) is 13.0 Å². The minimum absolute atomic E-state index is 0.0171. The van der Waals surface area contributed by atoms with Crippen LogP contribution in [0.3, 0.4) is 0 Å². The fourth-order valence-corrected chi connectivity index (χ4v) is 4.58. The number of carbonyl (C=O) groups excluding carboxylic acids is 2. The third-order valence-electron chi connectivity index (χ3n) is 6.68. The van der Waals surface area contributed by atoms with Gasteiger partial charge in [-0.05, 0) is 31.5 Å². The van der Waals surface area contributed by atoms with Gasteiger partial charge in [0.05, 0.1) is 7.11 Å². The smallest absolute Gasteiger partial charge is 0.341 e. The quantitative estimate of drug-likeness (QED) is 0.253. The van der Waals surface area contributed by atoms with Crippen LogP contribution in [0.15, 0.2) is 23.8 Å². The number of hydrogen-bond acceptors (Lipinski definition) is 6. The van der Waals surface area contributed by atoms with Crippen molar-refractivity contribution < 1.29 is 28.2 Å². The Morgan fingerprint density at radius 2 is 1.84 bits per heavy atom. The molecule has 0 aromatic carbocycles. The molecule has 1 aliphatic carbocycles. The molecule has 0 amide bonds. The summed E-state index contributed by atoms with van der Waals surface area (Å²) in [5.41, 5.74) is -1.11. The standard InChI is InChI=1S/C24H40O6Si/c1-16(19(25)27-8)13-18-12-11-17(15-28-31(9,10)23(5,6)7)14-24(18)20(26)29-21(30-24)22(2,3)4/h11-13,17-18,21H,14-15H2,1-10H3/b16-13+/t17-,18-,21-,24-/m0/s1. The van der Waals surface area contributed by atoms with E-state index in [9.17, 15) is 9.59 Å². The van der Waals surface area contributed by atoms with Crippen molar-refractivity contribution in [1.29, 1.82) is 0 Å². The molecule has 7 heteroatoms. The van der Waals surface area contributed by atoms with Crippen LogP contribution in [0.25, 0.3) is 0 Å². The fourth-order valence-electron chi connectivity index (χ4n) is 3.52. The van der Waals surface area contributed by atoms with Crippen molar-refractivity contribution in [2.45, 2.75) is 84.9 Å². The van der Waals surface area contributed by atoms with Gasteiger partial charge < -0.3 is 18.6 Å². The summed E-state index contributed by atoms with van der Waals surface area (Å²) < 4.78 is 23.3. The maximum Gasteiger partial charge on any atom is 0.341 e. The van der Waals surface area contributed by atoms with Gasteiger partial charge >= 0.3 is 11.9 Å². The Kier molecular flexibility index (Phi) is 7.35. The second-order valence-corrected chi connectivity index (χ2v) is 16.2. The number of cyclic esters (lactones) is 1. The maximum atomic E-state index is 13.2. The first-order chi connectivity index (χ1) is 14.0.